The van der Waals surface area contributed by atoms with Crippen molar-refractivity contribution in [2.45, 2.75) is 13.0 Å². The lowest BCUT2D eigenvalue weighted by Crippen LogP contribution is -2.39. The summed E-state index contributed by atoms with van der Waals surface area (Å²) in [5.41, 5.74) is 6.44. The van der Waals surface area contributed by atoms with Crippen LogP contribution in [0.4, 0.5) is 0 Å². The molecule has 2 aliphatic rings. The van der Waals surface area contributed by atoms with Gasteiger partial charge in [-0.1, -0.05) is 12.1 Å². The van der Waals surface area contributed by atoms with Gasteiger partial charge in [0.1, 0.15) is 12.4 Å². The molecule has 142 valence electrons. The lowest BCUT2D eigenvalue weighted by molar-refractivity contribution is -0.137. The van der Waals surface area contributed by atoms with Gasteiger partial charge in [-0.25, -0.2) is 0 Å². The van der Waals surface area contributed by atoms with Crippen molar-refractivity contribution in [3.63, 3.8) is 0 Å². The lowest BCUT2D eigenvalue weighted by Gasteiger charge is -2.30. The van der Waals surface area contributed by atoms with Crippen molar-refractivity contribution in [2.24, 2.45) is 17.6 Å². The second kappa shape index (κ2) is 8.05. The molecule has 0 unspecified atom stereocenters. The zero-order chi connectivity index (χ0) is 18.7. The maximum atomic E-state index is 12.7. The van der Waals surface area contributed by atoms with Gasteiger partial charge in [-0.2, -0.15) is 0 Å². The standard InChI is InChI=1S/C19H27N3O4/c1-3-26-12-18(24)22-9-14-8-21(11-17(20)23)10-16(14)19(22)13-4-6-15(25-2)7-5-13/h4-7,14,16,19H,3,8-12H2,1-2H3,(H2,20,23)/t14-,16-,19-/m0/s1. The Labute approximate surface area is 154 Å². The number of hydrogen-bond donors (Lipinski definition) is 1. The van der Waals surface area contributed by atoms with Gasteiger partial charge < -0.3 is 20.1 Å². The Kier molecular flexibility index (Phi) is 5.78. The van der Waals surface area contributed by atoms with Crippen LogP contribution in [0.2, 0.25) is 0 Å². The summed E-state index contributed by atoms with van der Waals surface area (Å²) >= 11 is 0. The number of carbonyl (C=O) groups excluding carboxylic acids is 2. The molecule has 2 N–H and O–H groups in total. The van der Waals surface area contributed by atoms with E-state index in [1.165, 1.54) is 0 Å². The van der Waals surface area contributed by atoms with Gasteiger partial charge in [0.15, 0.2) is 0 Å². The average Bonchev–Trinajstić information content (AvgIpc) is 3.16. The number of fused-ring (bicyclic) bond motifs is 1. The number of methoxy groups -OCH3 is 1. The molecule has 0 aliphatic carbocycles. The van der Waals surface area contributed by atoms with E-state index in [0.29, 0.717) is 19.1 Å². The number of carbonyl (C=O) groups is 2. The van der Waals surface area contributed by atoms with Crippen LogP contribution in [0.15, 0.2) is 24.3 Å². The zero-order valence-corrected chi connectivity index (χ0v) is 15.4. The molecule has 0 radical (unpaired) electrons. The summed E-state index contributed by atoms with van der Waals surface area (Å²) in [6.45, 7) is 5.02. The highest BCUT2D eigenvalue weighted by molar-refractivity contribution is 5.78. The summed E-state index contributed by atoms with van der Waals surface area (Å²) in [6.07, 6.45) is 0. The predicted octanol–water partition coefficient (Wildman–Crippen LogP) is 0.648. The van der Waals surface area contributed by atoms with Crippen LogP contribution in [-0.4, -0.2) is 68.1 Å². The molecule has 1 aromatic rings. The fourth-order valence-electron chi connectivity index (χ4n) is 4.24. The van der Waals surface area contributed by atoms with Gasteiger partial charge in [-0.15, -0.1) is 0 Å². The first-order chi connectivity index (χ1) is 12.5. The van der Waals surface area contributed by atoms with Crippen LogP contribution < -0.4 is 10.5 Å². The minimum absolute atomic E-state index is 0.0169. The number of ether oxygens (including phenoxy) is 2. The Bertz CT molecular complexity index is 649. The van der Waals surface area contributed by atoms with E-state index in [-0.39, 0.29) is 36.9 Å². The van der Waals surface area contributed by atoms with Gasteiger partial charge in [-0.3, -0.25) is 14.5 Å². The Morgan fingerprint density at radius 3 is 2.54 bits per heavy atom. The third-order valence-corrected chi connectivity index (χ3v) is 5.33. The molecular weight excluding hydrogens is 334 g/mol. The van der Waals surface area contributed by atoms with Crippen LogP contribution >= 0.6 is 0 Å². The van der Waals surface area contributed by atoms with Gasteiger partial charge >= 0.3 is 0 Å². The van der Waals surface area contributed by atoms with Gasteiger partial charge in [0.05, 0.1) is 19.7 Å². The first-order valence-electron chi connectivity index (χ1n) is 9.05. The summed E-state index contributed by atoms with van der Waals surface area (Å²) in [5.74, 6) is 1.12. The Balaban J connectivity index is 1.82. The van der Waals surface area contributed by atoms with E-state index in [9.17, 15) is 9.59 Å². The molecule has 0 aromatic heterocycles. The van der Waals surface area contributed by atoms with Crippen LogP contribution in [-0.2, 0) is 14.3 Å². The van der Waals surface area contributed by atoms with E-state index in [1.807, 2.05) is 36.1 Å². The Morgan fingerprint density at radius 1 is 1.19 bits per heavy atom. The van der Waals surface area contributed by atoms with E-state index >= 15 is 0 Å². The summed E-state index contributed by atoms with van der Waals surface area (Å²) in [6, 6.07) is 7.86. The van der Waals surface area contributed by atoms with Gasteiger partial charge in [0.2, 0.25) is 11.8 Å². The smallest absolute Gasteiger partial charge is 0.249 e. The fourth-order valence-corrected chi connectivity index (χ4v) is 4.24. The maximum absolute atomic E-state index is 12.7. The normalized spacial score (nSPS) is 25.3. The quantitative estimate of drug-likeness (QED) is 0.771. The van der Waals surface area contributed by atoms with Gasteiger partial charge in [0, 0.05) is 32.2 Å². The van der Waals surface area contributed by atoms with Crippen LogP contribution in [0.25, 0.3) is 0 Å². The molecule has 3 atom stereocenters. The minimum atomic E-state index is -0.310. The lowest BCUT2D eigenvalue weighted by atomic mass is 9.89. The highest BCUT2D eigenvalue weighted by Gasteiger charge is 2.49. The van der Waals surface area contributed by atoms with Crippen molar-refractivity contribution >= 4 is 11.8 Å². The Hall–Kier alpha value is -2.12. The monoisotopic (exact) mass is 361 g/mol. The van der Waals surface area contributed by atoms with E-state index in [0.717, 1.165) is 24.4 Å². The molecule has 3 rings (SSSR count). The van der Waals surface area contributed by atoms with Gasteiger partial charge in [0.25, 0.3) is 0 Å². The first-order valence-corrected chi connectivity index (χ1v) is 9.05. The van der Waals surface area contributed by atoms with E-state index in [2.05, 4.69) is 4.90 Å². The van der Waals surface area contributed by atoms with E-state index < -0.39 is 0 Å². The third-order valence-electron chi connectivity index (χ3n) is 5.33. The average molecular weight is 361 g/mol. The topological polar surface area (TPSA) is 85.1 Å². The number of rotatable bonds is 7. The Morgan fingerprint density at radius 2 is 1.92 bits per heavy atom. The van der Waals surface area contributed by atoms with Crippen LogP contribution in [0.3, 0.4) is 0 Å². The van der Waals surface area contributed by atoms with Crippen molar-refractivity contribution in [3.05, 3.63) is 29.8 Å². The summed E-state index contributed by atoms with van der Waals surface area (Å²) < 4.78 is 10.6. The fraction of sp³-hybridized carbons (Fsp3) is 0.579. The number of amides is 2. The summed E-state index contributed by atoms with van der Waals surface area (Å²) in [7, 11) is 1.64. The summed E-state index contributed by atoms with van der Waals surface area (Å²) in [4.78, 5) is 28.0. The number of likely N-dealkylation sites (tertiary alicyclic amines) is 2. The molecule has 26 heavy (non-hydrogen) atoms. The molecule has 7 nitrogen and oxygen atoms in total. The maximum Gasteiger partial charge on any atom is 0.249 e. The molecule has 0 bridgehead atoms. The number of nitrogens with two attached hydrogens (primary N) is 1. The molecular formula is C19H27N3O4. The van der Waals surface area contributed by atoms with Crippen LogP contribution in [0.1, 0.15) is 18.5 Å². The minimum Gasteiger partial charge on any atom is -0.497 e. The number of primary amides is 1. The third kappa shape index (κ3) is 3.83. The first kappa shape index (κ1) is 18.7. The van der Waals surface area contributed by atoms with E-state index in [4.69, 9.17) is 15.2 Å². The van der Waals surface area contributed by atoms with Crippen molar-refractivity contribution in [1.82, 2.24) is 9.80 Å². The molecule has 2 saturated heterocycles. The van der Waals surface area contributed by atoms with E-state index in [1.54, 1.807) is 7.11 Å². The number of nitrogens with zero attached hydrogens (tertiary/aromatic N) is 2. The van der Waals surface area contributed by atoms with Crippen LogP contribution in [0, 0.1) is 11.8 Å². The number of benzene rings is 1. The molecule has 0 spiro atoms. The van der Waals surface area contributed by atoms with Crippen molar-refractivity contribution in [3.8, 4) is 5.75 Å². The molecule has 2 fully saturated rings. The predicted molar refractivity (Wildman–Crippen MR) is 96.6 cm³/mol. The van der Waals surface area contributed by atoms with Crippen LogP contribution in [0.5, 0.6) is 5.75 Å². The zero-order valence-electron chi connectivity index (χ0n) is 15.4. The molecule has 7 heteroatoms. The van der Waals surface area contributed by atoms with Crippen molar-refractivity contribution in [2.75, 3.05) is 46.5 Å². The molecule has 2 amide bonds. The number of hydrogen-bond acceptors (Lipinski definition) is 5. The SMILES string of the molecule is CCOCC(=O)N1C[C@@H]2CN(CC(N)=O)C[C@@H]2[C@@H]1c1ccc(OC)cc1. The highest BCUT2D eigenvalue weighted by atomic mass is 16.5. The van der Waals surface area contributed by atoms with Gasteiger partial charge in [-0.05, 0) is 30.5 Å². The second-order valence-electron chi connectivity index (χ2n) is 6.99. The highest BCUT2D eigenvalue weighted by Crippen LogP contribution is 2.45. The summed E-state index contributed by atoms with van der Waals surface area (Å²) in [5, 5.41) is 0. The van der Waals surface area contributed by atoms with Crippen molar-refractivity contribution < 1.29 is 19.1 Å². The second-order valence-corrected chi connectivity index (χ2v) is 6.99. The molecule has 0 saturated carbocycles. The molecule has 2 aliphatic heterocycles. The molecule has 2 heterocycles. The van der Waals surface area contributed by atoms with Crippen molar-refractivity contribution in [1.29, 1.82) is 0 Å². The largest absolute Gasteiger partial charge is 0.497 e. The molecule has 1 aromatic carbocycles.